The zero-order valence-corrected chi connectivity index (χ0v) is 15.4. The van der Waals surface area contributed by atoms with Crippen molar-refractivity contribution in [2.45, 2.75) is 32.7 Å². The summed E-state index contributed by atoms with van der Waals surface area (Å²) in [7, 11) is 0. The molecule has 0 saturated heterocycles. The molecular weight excluding hydrogens is 346 g/mol. The minimum atomic E-state index is -0.538. The molecule has 1 heterocycles. The van der Waals surface area contributed by atoms with Gasteiger partial charge in [-0.25, -0.2) is 4.68 Å². The minimum absolute atomic E-state index is 0.0734. The van der Waals surface area contributed by atoms with Crippen LogP contribution in [0, 0.1) is 0 Å². The number of carbonyl (C=O) groups is 1. The van der Waals surface area contributed by atoms with Crippen LogP contribution in [0.15, 0.2) is 52.1 Å². The maximum absolute atomic E-state index is 12.5. The summed E-state index contributed by atoms with van der Waals surface area (Å²) in [5.74, 6) is -0.611. The predicted molar refractivity (Wildman–Crippen MR) is 104 cm³/mol. The lowest BCUT2D eigenvalue weighted by atomic mass is 9.87. The van der Waals surface area contributed by atoms with Gasteiger partial charge in [-0.15, -0.1) is 0 Å². The van der Waals surface area contributed by atoms with Crippen LogP contribution in [0.4, 0.5) is 5.69 Å². The Kier molecular flexibility index (Phi) is 4.61. The molecule has 0 spiro atoms. The largest absolute Gasteiger partial charge is 0.506 e. The first-order valence-electron chi connectivity index (χ1n) is 8.52. The van der Waals surface area contributed by atoms with Crippen molar-refractivity contribution in [1.29, 1.82) is 0 Å². The van der Waals surface area contributed by atoms with E-state index >= 15 is 0 Å². The van der Waals surface area contributed by atoms with Crippen molar-refractivity contribution in [3.05, 3.63) is 68.7 Å². The number of aromatic nitrogens is 2. The van der Waals surface area contributed by atoms with Crippen molar-refractivity contribution >= 4 is 22.4 Å². The Hall–Kier alpha value is -3.35. The summed E-state index contributed by atoms with van der Waals surface area (Å²) in [6.45, 7) is 5.68. The molecule has 0 bridgehead atoms. The average molecular weight is 367 g/mol. The molecule has 0 fully saturated rings. The SMILES string of the molecule is CC(C)(C)c1ccc(O)c(NC(=O)Cn2[nH]c(=O)c3ccccc3c2=O)c1. The number of anilines is 1. The number of rotatable bonds is 3. The Morgan fingerprint density at radius 1 is 1.11 bits per heavy atom. The third-order valence-corrected chi connectivity index (χ3v) is 4.32. The molecule has 1 amide bonds. The van der Waals surface area contributed by atoms with Crippen LogP contribution in [0.3, 0.4) is 0 Å². The lowest BCUT2D eigenvalue weighted by molar-refractivity contribution is -0.117. The van der Waals surface area contributed by atoms with Crippen molar-refractivity contribution in [3.63, 3.8) is 0 Å². The van der Waals surface area contributed by atoms with Gasteiger partial charge in [0.05, 0.1) is 16.5 Å². The second-order valence-electron chi connectivity index (χ2n) is 7.41. The van der Waals surface area contributed by atoms with Crippen LogP contribution in [-0.2, 0) is 16.8 Å². The highest BCUT2D eigenvalue weighted by Gasteiger charge is 2.17. The van der Waals surface area contributed by atoms with E-state index < -0.39 is 17.0 Å². The number of hydrogen-bond donors (Lipinski definition) is 3. The number of carbonyl (C=O) groups excluding carboxylic acids is 1. The van der Waals surface area contributed by atoms with Gasteiger partial charge in [0.15, 0.2) is 0 Å². The zero-order chi connectivity index (χ0) is 19.8. The van der Waals surface area contributed by atoms with Crippen molar-refractivity contribution in [2.75, 3.05) is 5.32 Å². The smallest absolute Gasteiger partial charge is 0.273 e. The molecule has 0 unspecified atom stereocenters. The second-order valence-corrected chi connectivity index (χ2v) is 7.41. The quantitative estimate of drug-likeness (QED) is 0.618. The van der Waals surface area contributed by atoms with Crippen LogP contribution in [0.1, 0.15) is 26.3 Å². The van der Waals surface area contributed by atoms with Crippen LogP contribution in [-0.4, -0.2) is 20.8 Å². The number of H-pyrrole nitrogens is 1. The Bertz CT molecular complexity index is 1140. The summed E-state index contributed by atoms with van der Waals surface area (Å²) in [6, 6.07) is 11.4. The van der Waals surface area contributed by atoms with E-state index in [1.54, 1.807) is 36.4 Å². The van der Waals surface area contributed by atoms with E-state index in [-0.39, 0.29) is 34.2 Å². The molecule has 3 rings (SSSR count). The Morgan fingerprint density at radius 2 is 1.78 bits per heavy atom. The third-order valence-electron chi connectivity index (χ3n) is 4.32. The maximum Gasteiger partial charge on any atom is 0.273 e. The molecule has 7 heteroatoms. The molecular formula is C20H21N3O4. The molecule has 0 aliphatic heterocycles. The maximum atomic E-state index is 12.5. The first kappa shape index (κ1) is 18.4. The molecule has 3 aromatic rings. The fourth-order valence-electron chi connectivity index (χ4n) is 2.79. The van der Waals surface area contributed by atoms with E-state index in [9.17, 15) is 19.5 Å². The normalized spacial score (nSPS) is 11.5. The van der Waals surface area contributed by atoms with E-state index in [1.807, 2.05) is 20.8 Å². The number of aromatic hydroxyl groups is 1. The number of phenolic OH excluding ortho intramolecular Hbond substituents is 1. The second kappa shape index (κ2) is 6.75. The van der Waals surface area contributed by atoms with Crippen molar-refractivity contribution in [2.24, 2.45) is 0 Å². The van der Waals surface area contributed by atoms with Crippen LogP contribution in [0.5, 0.6) is 5.75 Å². The zero-order valence-electron chi connectivity index (χ0n) is 15.4. The fraction of sp³-hybridized carbons (Fsp3) is 0.250. The van der Waals surface area contributed by atoms with E-state index in [1.165, 1.54) is 6.07 Å². The number of hydrogen-bond acceptors (Lipinski definition) is 4. The lowest BCUT2D eigenvalue weighted by Crippen LogP contribution is -2.34. The predicted octanol–water partition coefficient (Wildman–Crippen LogP) is 2.33. The lowest BCUT2D eigenvalue weighted by Gasteiger charge is -2.20. The number of nitrogens with zero attached hydrogens (tertiary/aromatic N) is 1. The molecule has 0 aliphatic rings. The monoisotopic (exact) mass is 367 g/mol. The summed E-state index contributed by atoms with van der Waals surface area (Å²) >= 11 is 0. The molecule has 1 aromatic heterocycles. The summed E-state index contributed by atoms with van der Waals surface area (Å²) in [6.07, 6.45) is 0. The highest BCUT2D eigenvalue weighted by molar-refractivity contribution is 5.92. The van der Waals surface area contributed by atoms with E-state index in [2.05, 4.69) is 10.4 Å². The van der Waals surface area contributed by atoms with Crippen LogP contribution in [0.2, 0.25) is 0 Å². The fourth-order valence-corrected chi connectivity index (χ4v) is 2.79. The number of aromatic amines is 1. The average Bonchev–Trinajstić information content (AvgIpc) is 2.60. The van der Waals surface area contributed by atoms with Gasteiger partial charge in [-0.3, -0.25) is 19.5 Å². The van der Waals surface area contributed by atoms with Gasteiger partial charge in [-0.2, -0.15) is 0 Å². The molecule has 7 nitrogen and oxygen atoms in total. The summed E-state index contributed by atoms with van der Waals surface area (Å²) in [4.78, 5) is 37.0. The number of amides is 1. The van der Waals surface area contributed by atoms with Crippen molar-refractivity contribution < 1.29 is 9.90 Å². The molecule has 0 radical (unpaired) electrons. The molecule has 0 atom stereocenters. The Morgan fingerprint density at radius 3 is 2.44 bits per heavy atom. The molecule has 0 aliphatic carbocycles. The number of fused-ring (bicyclic) bond motifs is 1. The van der Waals surface area contributed by atoms with Gasteiger partial charge in [0.1, 0.15) is 12.3 Å². The van der Waals surface area contributed by atoms with Gasteiger partial charge >= 0.3 is 0 Å². The number of nitrogens with one attached hydrogen (secondary N) is 2. The minimum Gasteiger partial charge on any atom is -0.506 e. The highest BCUT2D eigenvalue weighted by atomic mass is 16.3. The van der Waals surface area contributed by atoms with Gasteiger partial charge in [-0.05, 0) is 35.2 Å². The summed E-state index contributed by atoms with van der Waals surface area (Å²) < 4.78 is 0.963. The first-order chi connectivity index (χ1) is 12.7. The van der Waals surface area contributed by atoms with Gasteiger partial charge in [-0.1, -0.05) is 39.0 Å². The topological polar surface area (TPSA) is 104 Å². The van der Waals surface area contributed by atoms with Gasteiger partial charge in [0, 0.05) is 0 Å². The Labute approximate surface area is 155 Å². The third kappa shape index (κ3) is 3.76. The standard InChI is InChI=1S/C20H21N3O4/c1-20(2,3)12-8-9-16(24)15(10-12)21-17(25)11-23-19(27)14-7-5-4-6-13(14)18(26)22-23/h4-10,24H,11H2,1-3H3,(H,21,25)(H,22,26). The van der Waals surface area contributed by atoms with E-state index in [0.29, 0.717) is 0 Å². The Balaban J connectivity index is 1.89. The highest BCUT2D eigenvalue weighted by Crippen LogP contribution is 2.30. The van der Waals surface area contributed by atoms with Crippen LogP contribution < -0.4 is 16.4 Å². The van der Waals surface area contributed by atoms with Gasteiger partial charge < -0.3 is 10.4 Å². The van der Waals surface area contributed by atoms with Crippen LogP contribution in [0.25, 0.3) is 10.8 Å². The van der Waals surface area contributed by atoms with Crippen molar-refractivity contribution in [1.82, 2.24) is 9.78 Å². The van der Waals surface area contributed by atoms with Crippen molar-refractivity contribution in [3.8, 4) is 5.75 Å². The number of phenols is 1. The summed E-state index contributed by atoms with van der Waals surface area (Å²) in [5, 5.41) is 15.5. The molecule has 27 heavy (non-hydrogen) atoms. The molecule has 2 aromatic carbocycles. The molecule has 3 N–H and O–H groups in total. The molecule has 0 saturated carbocycles. The van der Waals surface area contributed by atoms with E-state index in [0.717, 1.165) is 10.2 Å². The summed E-state index contributed by atoms with van der Waals surface area (Å²) in [5.41, 5.74) is 0.118. The van der Waals surface area contributed by atoms with Gasteiger partial charge in [0.25, 0.3) is 11.1 Å². The van der Waals surface area contributed by atoms with Gasteiger partial charge in [0.2, 0.25) is 5.91 Å². The molecule has 140 valence electrons. The first-order valence-corrected chi connectivity index (χ1v) is 8.52. The number of benzene rings is 2. The van der Waals surface area contributed by atoms with E-state index in [4.69, 9.17) is 0 Å². The van der Waals surface area contributed by atoms with Crippen LogP contribution >= 0.6 is 0 Å².